The molecule has 0 fully saturated rings. The van der Waals surface area contributed by atoms with E-state index in [1.54, 1.807) is 0 Å². The first-order valence-corrected chi connectivity index (χ1v) is 20.2. The van der Waals surface area contributed by atoms with Crippen molar-refractivity contribution >= 4 is 19.5 Å². The summed E-state index contributed by atoms with van der Waals surface area (Å²) >= 11 is 0. The summed E-state index contributed by atoms with van der Waals surface area (Å²) in [6.45, 7) is 4.33. The minimum Gasteiger partial charge on any atom is -0.462 e. The first-order chi connectivity index (χ1) is 21.7. The van der Waals surface area contributed by atoms with Gasteiger partial charge in [-0.1, -0.05) is 142 Å². The molecule has 0 spiro atoms. The molecule has 2 N–H and O–H groups in total. The van der Waals surface area contributed by atoms with Crippen molar-refractivity contribution in [3.8, 4) is 0 Å². The van der Waals surface area contributed by atoms with Crippen LogP contribution in [-0.4, -0.2) is 67.5 Å². The number of hydrogen-bond acceptors (Lipinski definition) is 9. The number of hydrogen-bond donors (Lipinski definition) is 2. The second kappa shape index (κ2) is 31.6. The Bertz CT molecular complexity index is 734. The quantitative estimate of drug-likeness (QED) is 0.0393. The number of carbonyl (C=O) groups excluding carboxylic acids is 2. The van der Waals surface area contributed by atoms with Gasteiger partial charge in [0.15, 0.2) is 6.10 Å². The summed E-state index contributed by atoms with van der Waals surface area (Å²) in [6, 6.07) is 0. The van der Waals surface area contributed by atoms with E-state index in [1.807, 2.05) is 0 Å². The fourth-order valence-electron chi connectivity index (χ4n) is 5.02. The fourth-order valence-corrected chi connectivity index (χ4v) is 5.97. The lowest BCUT2D eigenvalue weighted by Crippen LogP contribution is -2.29. The lowest BCUT2D eigenvalue weighted by atomic mass is 10.1. The molecule has 0 aromatic heterocycles. The van der Waals surface area contributed by atoms with Crippen LogP contribution in [0.4, 0.5) is 0 Å². The number of rotatable bonds is 34. The molecule has 10 heteroatoms. The van der Waals surface area contributed by atoms with E-state index in [9.17, 15) is 19.3 Å². The van der Waals surface area contributed by atoms with Crippen LogP contribution >= 0.6 is 7.60 Å². The summed E-state index contributed by atoms with van der Waals surface area (Å²) in [7, 11) is -3.60. The zero-order chi connectivity index (χ0) is 33.4. The molecule has 0 amide bonds. The van der Waals surface area contributed by atoms with Crippen molar-refractivity contribution in [2.45, 2.75) is 180 Å². The smallest absolute Gasteiger partial charge is 0.327 e. The van der Waals surface area contributed by atoms with Crippen molar-refractivity contribution in [1.29, 1.82) is 0 Å². The second-order valence-corrected chi connectivity index (χ2v) is 14.6. The summed E-state index contributed by atoms with van der Waals surface area (Å²) in [6.07, 6.45) is 24.5. The summed E-state index contributed by atoms with van der Waals surface area (Å²) in [5, 5.41) is 18.4. The van der Waals surface area contributed by atoms with Crippen LogP contribution in [0.3, 0.4) is 0 Å². The standard InChI is InChI=1S/C35H69O9P/c1-4-6-8-10-12-14-16-18-20-22-24-26-34(38)41-30-33(31-43-45(3,40)42-29-32(37)28-36)44-35(39)27-25-23-21-19-17-15-13-11-9-7-5-2/h32-33,36-37H,4-31H2,1-3H3/t32?,33-,45?/m1/s1. The van der Waals surface area contributed by atoms with E-state index >= 15 is 0 Å². The molecule has 0 heterocycles. The first kappa shape index (κ1) is 44.0. The normalized spacial score (nSPS) is 14.2. The molecule has 0 aliphatic carbocycles. The molecule has 0 radical (unpaired) electrons. The lowest BCUT2D eigenvalue weighted by molar-refractivity contribution is -0.161. The second-order valence-electron chi connectivity index (χ2n) is 12.6. The maximum Gasteiger partial charge on any atom is 0.327 e. The number of aliphatic hydroxyl groups excluding tert-OH is 2. The first-order valence-electron chi connectivity index (χ1n) is 18.2. The van der Waals surface area contributed by atoms with E-state index in [0.29, 0.717) is 6.42 Å². The van der Waals surface area contributed by atoms with Gasteiger partial charge in [0.2, 0.25) is 0 Å². The van der Waals surface area contributed by atoms with Crippen molar-refractivity contribution in [1.82, 2.24) is 0 Å². The monoisotopic (exact) mass is 664 g/mol. The van der Waals surface area contributed by atoms with E-state index in [-0.39, 0.29) is 32.2 Å². The topological polar surface area (TPSA) is 129 Å². The van der Waals surface area contributed by atoms with Crippen molar-refractivity contribution in [3.05, 3.63) is 0 Å². The number of esters is 2. The molecular formula is C35H69O9P. The molecule has 0 aliphatic rings. The number of carbonyl (C=O) groups is 2. The Balaban J connectivity index is 4.39. The zero-order valence-corrected chi connectivity index (χ0v) is 30.0. The highest BCUT2D eigenvalue weighted by Gasteiger charge is 2.24. The predicted molar refractivity (Wildman–Crippen MR) is 182 cm³/mol. The molecule has 268 valence electrons. The molecule has 0 aromatic rings. The minimum absolute atomic E-state index is 0.194. The molecule has 45 heavy (non-hydrogen) atoms. The maximum atomic E-state index is 12.6. The van der Waals surface area contributed by atoms with Crippen LogP contribution in [0.2, 0.25) is 0 Å². The van der Waals surface area contributed by atoms with Gasteiger partial charge in [-0.05, 0) is 12.8 Å². The molecule has 2 unspecified atom stereocenters. The minimum atomic E-state index is -3.60. The Hall–Kier alpha value is -0.990. The highest BCUT2D eigenvalue weighted by Crippen LogP contribution is 2.44. The van der Waals surface area contributed by atoms with Crippen LogP contribution in [0.15, 0.2) is 0 Å². The van der Waals surface area contributed by atoms with Crippen LogP contribution in [0, 0.1) is 0 Å². The van der Waals surface area contributed by atoms with Crippen LogP contribution < -0.4 is 0 Å². The van der Waals surface area contributed by atoms with E-state index < -0.39 is 32.4 Å². The summed E-state index contributed by atoms with van der Waals surface area (Å²) in [5.74, 6) is -0.775. The van der Waals surface area contributed by atoms with Crippen LogP contribution in [0.1, 0.15) is 168 Å². The molecule has 0 saturated carbocycles. The van der Waals surface area contributed by atoms with Crippen LogP contribution in [-0.2, 0) is 32.7 Å². The van der Waals surface area contributed by atoms with Gasteiger partial charge in [0.05, 0.1) is 19.8 Å². The fraction of sp³-hybridized carbons (Fsp3) is 0.943. The van der Waals surface area contributed by atoms with Crippen LogP contribution in [0.5, 0.6) is 0 Å². The third-order valence-electron chi connectivity index (χ3n) is 7.90. The van der Waals surface area contributed by atoms with Gasteiger partial charge in [-0.3, -0.25) is 14.2 Å². The Morgan fingerprint density at radius 2 is 0.956 bits per heavy atom. The predicted octanol–water partition coefficient (Wildman–Crippen LogP) is 9.05. The SMILES string of the molecule is CCCCCCCCCCCCCC(=O)OC[C@H](COP(C)(=O)OCC(O)CO)OC(=O)CCCCCCCCCCCCC. The molecule has 0 rings (SSSR count). The number of aliphatic hydroxyl groups is 2. The van der Waals surface area contributed by atoms with Crippen LogP contribution in [0.25, 0.3) is 0 Å². The summed E-state index contributed by atoms with van der Waals surface area (Å²) in [5.41, 5.74) is 0. The Morgan fingerprint density at radius 3 is 1.38 bits per heavy atom. The lowest BCUT2D eigenvalue weighted by Gasteiger charge is -2.21. The van der Waals surface area contributed by atoms with Gasteiger partial charge >= 0.3 is 19.5 Å². The van der Waals surface area contributed by atoms with E-state index in [2.05, 4.69) is 13.8 Å². The third kappa shape index (κ3) is 31.4. The van der Waals surface area contributed by atoms with Gasteiger partial charge in [-0.2, -0.15) is 0 Å². The molecule has 9 nitrogen and oxygen atoms in total. The summed E-state index contributed by atoms with van der Waals surface area (Å²) in [4.78, 5) is 24.9. The number of ether oxygens (including phenoxy) is 2. The van der Waals surface area contributed by atoms with Gasteiger partial charge in [0, 0.05) is 19.5 Å². The largest absolute Gasteiger partial charge is 0.462 e. The average Bonchev–Trinajstić information content (AvgIpc) is 3.02. The van der Waals surface area contributed by atoms with Gasteiger partial charge in [-0.25, -0.2) is 0 Å². The maximum absolute atomic E-state index is 12.6. The molecule has 3 atom stereocenters. The Labute approximate surface area is 275 Å². The Morgan fingerprint density at radius 1 is 0.578 bits per heavy atom. The van der Waals surface area contributed by atoms with Gasteiger partial charge < -0.3 is 28.7 Å². The van der Waals surface area contributed by atoms with E-state index in [4.69, 9.17) is 23.6 Å². The average molecular weight is 665 g/mol. The van der Waals surface area contributed by atoms with Crippen molar-refractivity contribution in [2.24, 2.45) is 0 Å². The third-order valence-corrected chi connectivity index (χ3v) is 9.14. The van der Waals surface area contributed by atoms with Crippen molar-refractivity contribution in [3.63, 3.8) is 0 Å². The van der Waals surface area contributed by atoms with Crippen molar-refractivity contribution < 1.29 is 42.9 Å². The van der Waals surface area contributed by atoms with Crippen molar-refractivity contribution in [2.75, 3.05) is 33.1 Å². The molecule has 0 aromatic carbocycles. The highest BCUT2D eigenvalue weighted by molar-refractivity contribution is 7.52. The van der Waals surface area contributed by atoms with Gasteiger partial charge in [-0.15, -0.1) is 0 Å². The Kier molecular flexibility index (Phi) is 30.9. The summed E-state index contributed by atoms with van der Waals surface area (Å²) < 4.78 is 34.0. The molecular weight excluding hydrogens is 595 g/mol. The van der Waals surface area contributed by atoms with Gasteiger partial charge in [0.1, 0.15) is 12.7 Å². The van der Waals surface area contributed by atoms with E-state index in [0.717, 1.165) is 38.5 Å². The van der Waals surface area contributed by atoms with E-state index in [1.165, 1.54) is 109 Å². The highest BCUT2D eigenvalue weighted by atomic mass is 31.2. The van der Waals surface area contributed by atoms with Gasteiger partial charge in [0.25, 0.3) is 0 Å². The zero-order valence-electron chi connectivity index (χ0n) is 29.2. The molecule has 0 bridgehead atoms. The molecule has 0 saturated heterocycles. The molecule has 0 aliphatic heterocycles. The number of unbranched alkanes of at least 4 members (excludes halogenated alkanes) is 20.